The average molecular weight is 314 g/mol. The van der Waals surface area contributed by atoms with Gasteiger partial charge < -0.3 is 15.4 Å². The Morgan fingerprint density at radius 1 is 1.13 bits per heavy atom. The number of carbonyl (C=O) groups excluding carboxylic acids is 1. The highest BCUT2D eigenvalue weighted by Gasteiger charge is 2.10. The quantitative estimate of drug-likeness (QED) is 0.700. The van der Waals surface area contributed by atoms with Crippen LogP contribution in [-0.2, 0) is 16.0 Å². The second-order valence-corrected chi connectivity index (χ2v) is 5.66. The van der Waals surface area contributed by atoms with Gasteiger partial charge in [-0.3, -0.25) is 9.59 Å². The number of rotatable bonds is 8. The van der Waals surface area contributed by atoms with Gasteiger partial charge in [0.15, 0.2) is 0 Å². The van der Waals surface area contributed by atoms with Crippen molar-refractivity contribution in [2.45, 2.75) is 38.6 Å². The molecular formula is C18H22N2O3. The maximum Gasteiger partial charge on any atom is 0.303 e. The predicted molar refractivity (Wildman–Crippen MR) is 89.0 cm³/mol. The number of amides is 1. The summed E-state index contributed by atoms with van der Waals surface area (Å²) in [6.07, 6.45) is 1.52. The van der Waals surface area contributed by atoms with Crippen molar-refractivity contribution in [3.8, 4) is 11.3 Å². The third-order valence-electron chi connectivity index (χ3n) is 3.65. The number of carbonyl (C=O) groups is 2. The number of aryl methyl sites for hydroxylation is 1. The van der Waals surface area contributed by atoms with Gasteiger partial charge in [0, 0.05) is 30.3 Å². The molecule has 0 saturated heterocycles. The number of carboxylic acids is 1. The SMILES string of the molecule is CC(CCC(=O)O)NC(=O)CCc1ccc(-c2ccccc2)[nH]1. The number of nitrogens with one attached hydrogen (secondary N) is 2. The number of hydrogen-bond donors (Lipinski definition) is 3. The maximum atomic E-state index is 11.9. The Bertz CT molecular complexity index is 649. The van der Waals surface area contributed by atoms with Crippen LogP contribution in [0.25, 0.3) is 11.3 Å². The molecule has 1 aromatic heterocycles. The number of aromatic nitrogens is 1. The number of hydrogen-bond acceptors (Lipinski definition) is 2. The van der Waals surface area contributed by atoms with Gasteiger partial charge in [-0.2, -0.15) is 0 Å². The molecule has 0 bridgehead atoms. The zero-order valence-corrected chi connectivity index (χ0v) is 13.2. The lowest BCUT2D eigenvalue weighted by molar-refractivity contribution is -0.137. The largest absolute Gasteiger partial charge is 0.481 e. The van der Waals surface area contributed by atoms with Crippen LogP contribution in [0.3, 0.4) is 0 Å². The van der Waals surface area contributed by atoms with Crippen molar-refractivity contribution in [2.75, 3.05) is 0 Å². The summed E-state index contributed by atoms with van der Waals surface area (Å²) in [6, 6.07) is 13.9. The lowest BCUT2D eigenvalue weighted by atomic mass is 10.1. The monoisotopic (exact) mass is 314 g/mol. The van der Waals surface area contributed by atoms with Gasteiger partial charge in [0.25, 0.3) is 0 Å². The smallest absolute Gasteiger partial charge is 0.303 e. The fourth-order valence-electron chi connectivity index (χ4n) is 2.38. The topological polar surface area (TPSA) is 82.2 Å². The summed E-state index contributed by atoms with van der Waals surface area (Å²) in [7, 11) is 0. The van der Waals surface area contributed by atoms with E-state index >= 15 is 0 Å². The summed E-state index contributed by atoms with van der Waals surface area (Å²) >= 11 is 0. The van der Waals surface area contributed by atoms with E-state index in [1.54, 1.807) is 0 Å². The molecule has 1 aromatic carbocycles. The molecule has 1 atom stereocenters. The minimum Gasteiger partial charge on any atom is -0.481 e. The summed E-state index contributed by atoms with van der Waals surface area (Å²) in [5.74, 6) is -0.898. The lowest BCUT2D eigenvalue weighted by Gasteiger charge is -2.12. The fourth-order valence-corrected chi connectivity index (χ4v) is 2.38. The number of benzene rings is 1. The first-order valence-electron chi connectivity index (χ1n) is 7.79. The van der Waals surface area contributed by atoms with Gasteiger partial charge in [-0.05, 0) is 37.5 Å². The van der Waals surface area contributed by atoms with Crippen molar-refractivity contribution in [1.82, 2.24) is 10.3 Å². The number of aliphatic carboxylic acids is 1. The zero-order valence-electron chi connectivity index (χ0n) is 13.2. The van der Waals surface area contributed by atoms with Crippen LogP contribution in [0, 0.1) is 0 Å². The minimum absolute atomic E-state index is 0.0567. The number of aromatic amines is 1. The third-order valence-corrected chi connectivity index (χ3v) is 3.65. The summed E-state index contributed by atoms with van der Waals surface area (Å²) in [6.45, 7) is 1.82. The van der Waals surface area contributed by atoms with Gasteiger partial charge in [0.1, 0.15) is 0 Å². The van der Waals surface area contributed by atoms with Crippen LogP contribution in [0.4, 0.5) is 0 Å². The molecule has 0 fully saturated rings. The van der Waals surface area contributed by atoms with Crippen molar-refractivity contribution < 1.29 is 14.7 Å². The summed E-state index contributed by atoms with van der Waals surface area (Å²) in [5.41, 5.74) is 3.17. The molecule has 1 amide bonds. The number of carboxylic acid groups (broad SMARTS) is 1. The predicted octanol–water partition coefficient (Wildman–Crippen LogP) is 2.98. The second-order valence-electron chi connectivity index (χ2n) is 5.66. The van der Waals surface area contributed by atoms with Crippen molar-refractivity contribution in [1.29, 1.82) is 0 Å². The van der Waals surface area contributed by atoms with E-state index < -0.39 is 5.97 Å². The Kier molecular flexibility index (Phi) is 5.97. The molecule has 5 nitrogen and oxygen atoms in total. The molecule has 1 unspecified atom stereocenters. The molecule has 0 aliphatic rings. The first-order valence-corrected chi connectivity index (χ1v) is 7.79. The van der Waals surface area contributed by atoms with Crippen LogP contribution in [-0.4, -0.2) is 28.0 Å². The Morgan fingerprint density at radius 3 is 2.57 bits per heavy atom. The third kappa shape index (κ3) is 5.62. The van der Waals surface area contributed by atoms with Gasteiger partial charge in [0.2, 0.25) is 5.91 Å². The molecule has 3 N–H and O–H groups in total. The average Bonchev–Trinajstić information content (AvgIpc) is 3.01. The van der Waals surface area contributed by atoms with E-state index in [-0.39, 0.29) is 18.4 Å². The normalized spacial score (nSPS) is 11.9. The van der Waals surface area contributed by atoms with E-state index in [4.69, 9.17) is 5.11 Å². The van der Waals surface area contributed by atoms with Crippen LogP contribution in [0.2, 0.25) is 0 Å². The van der Waals surface area contributed by atoms with Crippen LogP contribution in [0.15, 0.2) is 42.5 Å². The summed E-state index contributed by atoms with van der Waals surface area (Å²) in [5, 5.41) is 11.5. The summed E-state index contributed by atoms with van der Waals surface area (Å²) in [4.78, 5) is 25.7. The standard InChI is InChI=1S/C18H22N2O3/c1-13(7-12-18(22)23)19-17(21)11-9-15-8-10-16(20-15)14-5-3-2-4-6-14/h2-6,8,10,13,20H,7,9,11-12H2,1H3,(H,19,21)(H,22,23). The first kappa shape index (κ1) is 16.8. The van der Waals surface area contributed by atoms with Gasteiger partial charge in [-0.1, -0.05) is 30.3 Å². The molecule has 2 aromatic rings. The van der Waals surface area contributed by atoms with Crippen LogP contribution in [0.1, 0.15) is 31.9 Å². The highest BCUT2D eigenvalue weighted by Crippen LogP contribution is 2.18. The van der Waals surface area contributed by atoms with E-state index in [9.17, 15) is 9.59 Å². The maximum absolute atomic E-state index is 11.9. The Balaban J connectivity index is 1.79. The molecule has 0 radical (unpaired) electrons. The second kappa shape index (κ2) is 8.17. The molecule has 0 saturated carbocycles. The van der Waals surface area contributed by atoms with Crippen LogP contribution >= 0.6 is 0 Å². The molecule has 0 aliphatic heterocycles. The lowest BCUT2D eigenvalue weighted by Crippen LogP contribution is -2.33. The van der Waals surface area contributed by atoms with E-state index in [2.05, 4.69) is 10.3 Å². The minimum atomic E-state index is -0.842. The van der Waals surface area contributed by atoms with Crippen LogP contribution < -0.4 is 5.32 Å². The molecule has 0 spiro atoms. The van der Waals surface area contributed by atoms with Crippen molar-refractivity contribution in [3.05, 3.63) is 48.2 Å². The van der Waals surface area contributed by atoms with Gasteiger partial charge in [0.05, 0.1) is 0 Å². The Morgan fingerprint density at radius 2 is 1.87 bits per heavy atom. The Labute approximate surface area is 135 Å². The zero-order chi connectivity index (χ0) is 16.7. The highest BCUT2D eigenvalue weighted by molar-refractivity contribution is 5.76. The molecular weight excluding hydrogens is 292 g/mol. The van der Waals surface area contributed by atoms with Crippen molar-refractivity contribution in [2.24, 2.45) is 0 Å². The number of H-pyrrole nitrogens is 1. The van der Waals surface area contributed by atoms with E-state index in [0.29, 0.717) is 19.3 Å². The summed E-state index contributed by atoms with van der Waals surface area (Å²) < 4.78 is 0. The molecule has 1 heterocycles. The molecule has 2 rings (SSSR count). The fraction of sp³-hybridized carbons (Fsp3) is 0.333. The molecule has 0 aliphatic carbocycles. The van der Waals surface area contributed by atoms with Gasteiger partial charge in [-0.25, -0.2) is 0 Å². The van der Waals surface area contributed by atoms with Crippen molar-refractivity contribution in [3.63, 3.8) is 0 Å². The van der Waals surface area contributed by atoms with E-state index in [0.717, 1.165) is 17.0 Å². The van der Waals surface area contributed by atoms with Crippen LogP contribution in [0.5, 0.6) is 0 Å². The highest BCUT2D eigenvalue weighted by atomic mass is 16.4. The van der Waals surface area contributed by atoms with E-state index in [1.165, 1.54) is 0 Å². The van der Waals surface area contributed by atoms with E-state index in [1.807, 2.05) is 49.4 Å². The molecule has 23 heavy (non-hydrogen) atoms. The first-order chi connectivity index (χ1) is 11.0. The van der Waals surface area contributed by atoms with Gasteiger partial charge in [-0.15, -0.1) is 0 Å². The molecule has 122 valence electrons. The Hall–Kier alpha value is -2.56. The van der Waals surface area contributed by atoms with Gasteiger partial charge >= 0.3 is 5.97 Å². The molecule has 5 heteroatoms. The van der Waals surface area contributed by atoms with Crippen molar-refractivity contribution >= 4 is 11.9 Å².